The molecule has 0 aliphatic rings. The van der Waals surface area contributed by atoms with Gasteiger partial charge in [0.05, 0.1) is 11.4 Å². The summed E-state index contributed by atoms with van der Waals surface area (Å²) >= 11 is 0. The van der Waals surface area contributed by atoms with E-state index >= 15 is 0 Å². The number of sulfonamides is 1. The van der Waals surface area contributed by atoms with Gasteiger partial charge in [-0.15, -0.1) is 0 Å². The predicted octanol–water partition coefficient (Wildman–Crippen LogP) is 3.63. The number of hydrogen-bond donors (Lipinski definition) is 1. The molecule has 0 saturated carbocycles. The van der Waals surface area contributed by atoms with Gasteiger partial charge >= 0.3 is 0 Å². The van der Waals surface area contributed by atoms with E-state index in [1.807, 2.05) is 36.4 Å². The standard InChI is InChI=1S/C20H19FN2O3S/c1-2-23(27(25,26)17-12-10-16(21)11-13-17)14-20(24)22-19-9-5-7-15-6-3-4-8-18(15)19/h3-13H,2,14H2,1H3,(H,22,24). The van der Waals surface area contributed by atoms with Crippen LogP contribution >= 0.6 is 0 Å². The van der Waals surface area contributed by atoms with Gasteiger partial charge in [0.1, 0.15) is 5.82 Å². The summed E-state index contributed by atoms with van der Waals surface area (Å²) in [5.41, 5.74) is 0.619. The zero-order valence-corrected chi connectivity index (χ0v) is 15.5. The molecule has 3 aromatic rings. The fourth-order valence-electron chi connectivity index (χ4n) is 2.81. The Morgan fingerprint density at radius 3 is 2.37 bits per heavy atom. The van der Waals surface area contributed by atoms with E-state index in [2.05, 4.69) is 5.32 Å². The van der Waals surface area contributed by atoms with E-state index in [4.69, 9.17) is 0 Å². The summed E-state index contributed by atoms with van der Waals surface area (Å²) in [5, 5.41) is 4.62. The third-order valence-corrected chi connectivity index (χ3v) is 6.12. The molecular formula is C20H19FN2O3S. The fraction of sp³-hybridized carbons (Fsp3) is 0.150. The Balaban J connectivity index is 1.80. The van der Waals surface area contributed by atoms with Crippen LogP contribution < -0.4 is 5.32 Å². The van der Waals surface area contributed by atoms with E-state index < -0.39 is 21.7 Å². The lowest BCUT2D eigenvalue weighted by molar-refractivity contribution is -0.116. The number of carbonyl (C=O) groups is 1. The molecule has 0 aliphatic heterocycles. The molecule has 0 fully saturated rings. The number of likely N-dealkylation sites (N-methyl/N-ethyl adjacent to an activating group) is 1. The minimum Gasteiger partial charge on any atom is -0.324 e. The molecule has 0 heterocycles. The van der Waals surface area contributed by atoms with Gasteiger partial charge in [-0.25, -0.2) is 12.8 Å². The van der Waals surface area contributed by atoms with E-state index in [0.29, 0.717) is 5.69 Å². The van der Waals surface area contributed by atoms with Gasteiger partial charge in [-0.3, -0.25) is 4.79 Å². The van der Waals surface area contributed by atoms with Crippen molar-refractivity contribution in [1.82, 2.24) is 4.31 Å². The van der Waals surface area contributed by atoms with Crippen molar-refractivity contribution in [3.63, 3.8) is 0 Å². The molecule has 3 aromatic carbocycles. The molecule has 7 heteroatoms. The maximum atomic E-state index is 13.1. The Hall–Kier alpha value is -2.77. The number of nitrogens with zero attached hydrogens (tertiary/aromatic N) is 1. The van der Waals surface area contributed by atoms with Gasteiger partial charge in [0.25, 0.3) is 0 Å². The Kier molecular flexibility index (Phi) is 5.53. The fourth-order valence-corrected chi connectivity index (χ4v) is 4.21. The van der Waals surface area contributed by atoms with Gasteiger partial charge in [0, 0.05) is 17.6 Å². The summed E-state index contributed by atoms with van der Waals surface area (Å²) in [6, 6.07) is 17.7. The van der Waals surface area contributed by atoms with Crippen molar-refractivity contribution in [2.75, 3.05) is 18.4 Å². The lowest BCUT2D eigenvalue weighted by Crippen LogP contribution is -2.37. The van der Waals surface area contributed by atoms with E-state index in [1.54, 1.807) is 13.0 Å². The number of anilines is 1. The Morgan fingerprint density at radius 2 is 1.67 bits per heavy atom. The predicted molar refractivity (Wildman–Crippen MR) is 103 cm³/mol. The second-order valence-corrected chi connectivity index (χ2v) is 7.90. The number of nitrogens with one attached hydrogen (secondary N) is 1. The third-order valence-electron chi connectivity index (χ3n) is 4.19. The second-order valence-electron chi connectivity index (χ2n) is 5.96. The van der Waals surface area contributed by atoms with Crippen LogP contribution in [0, 0.1) is 5.82 Å². The maximum Gasteiger partial charge on any atom is 0.243 e. The first-order valence-corrected chi connectivity index (χ1v) is 9.89. The number of fused-ring (bicyclic) bond motifs is 1. The normalized spacial score (nSPS) is 11.7. The number of carbonyl (C=O) groups excluding carboxylic acids is 1. The summed E-state index contributed by atoms with van der Waals surface area (Å²) in [6.07, 6.45) is 0. The Labute approximate surface area is 157 Å². The molecule has 0 unspecified atom stereocenters. The summed E-state index contributed by atoms with van der Waals surface area (Å²) < 4.78 is 39.5. The zero-order chi connectivity index (χ0) is 19.4. The van der Waals surface area contributed by atoms with Gasteiger partial charge in [-0.05, 0) is 35.7 Å². The second kappa shape index (κ2) is 7.85. The van der Waals surface area contributed by atoms with Crippen LogP contribution in [0.5, 0.6) is 0 Å². The minimum atomic E-state index is -3.89. The van der Waals surface area contributed by atoms with Crippen LogP contribution in [-0.4, -0.2) is 31.7 Å². The molecule has 5 nitrogen and oxygen atoms in total. The first-order chi connectivity index (χ1) is 12.9. The van der Waals surface area contributed by atoms with Crippen LogP contribution in [0.2, 0.25) is 0 Å². The largest absolute Gasteiger partial charge is 0.324 e. The number of amides is 1. The number of halogens is 1. The molecule has 1 N–H and O–H groups in total. The molecule has 1 amide bonds. The Bertz CT molecular complexity index is 1060. The van der Waals surface area contributed by atoms with Crippen molar-refractivity contribution in [3.8, 4) is 0 Å². The summed E-state index contributed by atoms with van der Waals surface area (Å²) in [6.45, 7) is 1.42. The molecule has 27 heavy (non-hydrogen) atoms. The molecule has 3 rings (SSSR count). The summed E-state index contributed by atoms with van der Waals surface area (Å²) in [5.74, 6) is -0.968. The van der Waals surface area contributed by atoms with E-state index in [9.17, 15) is 17.6 Å². The molecule has 0 aromatic heterocycles. The highest BCUT2D eigenvalue weighted by molar-refractivity contribution is 7.89. The highest BCUT2D eigenvalue weighted by atomic mass is 32.2. The van der Waals surface area contributed by atoms with Crippen molar-refractivity contribution >= 4 is 32.4 Å². The SMILES string of the molecule is CCN(CC(=O)Nc1cccc2ccccc12)S(=O)(=O)c1ccc(F)cc1. The third kappa shape index (κ3) is 4.15. The first kappa shape index (κ1) is 19.0. The van der Waals surface area contributed by atoms with Crippen molar-refractivity contribution in [3.05, 3.63) is 72.5 Å². The monoisotopic (exact) mass is 386 g/mol. The minimum absolute atomic E-state index is 0.0521. The van der Waals surface area contributed by atoms with Crippen LogP contribution in [-0.2, 0) is 14.8 Å². The molecule has 0 aliphatic carbocycles. The molecule has 0 spiro atoms. The van der Waals surface area contributed by atoms with Gasteiger partial charge < -0.3 is 5.32 Å². The van der Waals surface area contributed by atoms with E-state index in [1.165, 1.54) is 12.1 Å². The number of hydrogen-bond acceptors (Lipinski definition) is 3. The van der Waals surface area contributed by atoms with Crippen LogP contribution in [0.1, 0.15) is 6.92 Å². The highest BCUT2D eigenvalue weighted by Gasteiger charge is 2.25. The number of benzene rings is 3. The van der Waals surface area contributed by atoms with Crippen molar-refractivity contribution in [2.45, 2.75) is 11.8 Å². The van der Waals surface area contributed by atoms with Crippen LogP contribution in [0.15, 0.2) is 71.6 Å². The van der Waals surface area contributed by atoms with E-state index in [0.717, 1.165) is 27.2 Å². The molecule has 140 valence electrons. The summed E-state index contributed by atoms with van der Waals surface area (Å²) in [7, 11) is -3.89. The highest BCUT2D eigenvalue weighted by Crippen LogP contribution is 2.23. The first-order valence-electron chi connectivity index (χ1n) is 8.45. The van der Waals surface area contributed by atoms with E-state index in [-0.39, 0.29) is 18.0 Å². The average molecular weight is 386 g/mol. The van der Waals surface area contributed by atoms with Crippen molar-refractivity contribution in [2.24, 2.45) is 0 Å². The van der Waals surface area contributed by atoms with Gasteiger partial charge in [-0.1, -0.05) is 43.3 Å². The van der Waals surface area contributed by atoms with Gasteiger partial charge in [0.15, 0.2) is 0 Å². The maximum absolute atomic E-state index is 13.1. The number of rotatable bonds is 6. The topological polar surface area (TPSA) is 66.5 Å². The molecule has 0 radical (unpaired) electrons. The van der Waals surface area contributed by atoms with Crippen LogP contribution in [0.25, 0.3) is 10.8 Å². The van der Waals surface area contributed by atoms with Crippen molar-refractivity contribution < 1.29 is 17.6 Å². The molecule has 0 saturated heterocycles. The lowest BCUT2D eigenvalue weighted by atomic mass is 10.1. The molecule has 0 atom stereocenters. The van der Waals surface area contributed by atoms with Crippen LogP contribution in [0.4, 0.5) is 10.1 Å². The lowest BCUT2D eigenvalue weighted by Gasteiger charge is -2.20. The average Bonchev–Trinajstić information content (AvgIpc) is 2.66. The van der Waals surface area contributed by atoms with Gasteiger partial charge in [0.2, 0.25) is 15.9 Å². The van der Waals surface area contributed by atoms with Gasteiger partial charge in [-0.2, -0.15) is 4.31 Å². The molecular weight excluding hydrogens is 367 g/mol. The summed E-state index contributed by atoms with van der Waals surface area (Å²) in [4.78, 5) is 12.4. The van der Waals surface area contributed by atoms with Crippen LogP contribution in [0.3, 0.4) is 0 Å². The quantitative estimate of drug-likeness (QED) is 0.704. The Morgan fingerprint density at radius 1 is 1.00 bits per heavy atom. The zero-order valence-electron chi connectivity index (χ0n) is 14.7. The van der Waals surface area contributed by atoms with Crippen molar-refractivity contribution in [1.29, 1.82) is 0 Å². The smallest absolute Gasteiger partial charge is 0.243 e. The molecule has 0 bridgehead atoms.